The smallest absolute Gasteiger partial charge is 0.270 e. The van der Waals surface area contributed by atoms with Gasteiger partial charge in [-0.3, -0.25) is 4.79 Å². The van der Waals surface area contributed by atoms with Gasteiger partial charge in [0.15, 0.2) is 0 Å². The Bertz CT molecular complexity index is 788. The lowest BCUT2D eigenvalue weighted by atomic mass is 9.96. The Hall–Kier alpha value is -2.08. The predicted octanol–water partition coefficient (Wildman–Crippen LogP) is 2.98. The van der Waals surface area contributed by atoms with E-state index in [4.69, 9.17) is 9.72 Å². The molecule has 2 saturated heterocycles. The number of nitrogens with zero attached hydrogens (tertiary/aromatic N) is 4. The maximum atomic E-state index is 12.9. The Morgan fingerprint density at radius 2 is 2.11 bits per heavy atom. The third-order valence-corrected chi connectivity index (χ3v) is 6.08. The highest BCUT2D eigenvalue weighted by atomic mass is 16.5. The molecule has 2 aromatic rings. The van der Waals surface area contributed by atoms with Gasteiger partial charge in [-0.05, 0) is 50.7 Å². The van der Waals surface area contributed by atoms with Crippen LogP contribution in [0.2, 0.25) is 0 Å². The molecule has 146 valence electrons. The van der Waals surface area contributed by atoms with Gasteiger partial charge in [-0.25, -0.2) is 4.98 Å². The van der Waals surface area contributed by atoms with Crippen molar-refractivity contribution in [3.8, 4) is 0 Å². The first-order valence-corrected chi connectivity index (χ1v) is 10.1. The number of carbonyl (C=O) groups is 1. The molecule has 2 aromatic heterocycles. The minimum atomic E-state index is 0.152. The predicted molar refractivity (Wildman–Crippen MR) is 104 cm³/mol. The second-order valence-corrected chi connectivity index (χ2v) is 8.02. The average Bonchev–Trinajstić information content (AvgIpc) is 3.28. The number of imidazole rings is 1. The van der Waals surface area contributed by atoms with E-state index < -0.39 is 0 Å². The summed E-state index contributed by atoms with van der Waals surface area (Å²) in [5.41, 5.74) is 2.00. The Morgan fingerprint density at radius 3 is 2.85 bits per heavy atom. The first kappa shape index (κ1) is 18.3. The molecule has 1 atom stereocenters. The number of hydrogen-bond acceptors (Lipinski definition) is 3. The van der Waals surface area contributed by atoms with Gasteiger partial charge in [0.1, 0.15) is 11.5 Å². The number of amides is 1. The van der Waals surface area contributed by atoms with Crippen LogP contribution < -0.4 is 0 Å². The van der Waals surface area contributed by atoms with Crippen LogP contribution in [0.3, 0.4) is 0 Å². The lowest BCUT2D eigenvalue weighted by Gasteiger charge is -2.34. The molecule has 2 fully saturated rings. The lowest BCUT2D eigenvalue weighted by molar-refractivity contribution is 0.0647. The van der Waals surface area contributed by atoms with E-state index in [1.54, 1.807) is 0 Å². The number of aryl methyl sites for hydroxylation is 2. The Balaban J connectivity index is 1.46. The Labute approximate surface area is 161 Å². The van der Waals surface area contributed by atoms with Crippen molar-refractivity contribution in [3.63, 3.8) is 0 Å². The summed E-state index contributed by atoms with van der Waals surface area (Å²) in [5.74, 6) is 2.34. The van der Waals surface area contributed by atoms with Crippen molar-refractivity contribution in [2.75, 3.05) is 26.3 Å². The molecule has 2 aliphatic rings. The Kier molecular flexibility index (Phi) is 5.34. The summed E-state index contributed by atoms with van der Waals surface area (Å²) >= 11 is 0. The van der Waals surface area contributed by atoms with Gasteiger partial charge >= 0.3 is 0 Å². The number of hydrogen-bond donors (Lipinski definition) is 0. The molecule has 0 bridgehead atoms. The number of ether oxygens (including phenoxy) is 1. The highest BCUT2D eigenvalue weighted by Crippen LogP contribution is 2.29. The van der Waals surface area contributed by atoms with Crippen LogP contribution in [0.1, 0.15) is 53.6 Å². The fourth-order valence-electron chi connectivity index (χ4n) is 4.50. The summed E-state index contributed by atoms with van der Waals surface area (Å²) in [7, 11) is 1.93. The molecular formula is C21H30N4O2. The van der Waals surface area contributed by atoms with E-state index in [9.17, 15) is 4.79 Å². The number of aromatic nitrogens is 3. The monoisotopic (exact) mass is 370 g/mol. The van der Waals surface area contributed by atoms with Crippen molar-refractivity contribution < 1.29 is 9.53 Å². The van der Waals surface area contributed by atoms with E-state index >= 15 is 0 Å². The van der Waals surface area contributed by atoms with Crippen LogP contribution in [0.5, 0.6) is 0 Å². The molecule has 0 saturated carbocycles. The molecule has 2 aliphatic heterocycles. The summed E-state index contributed by atoms with van der Waals surface area (Å²) < 4.78 is 9.83. The molecule has 1 amide bonds. The van der Waals surface area contributed by atoms with Crippen molar-refractivity contribution >= 4 is 5.91 Å². The molecule has 0 N–H and O–H groups in total. The van der Waals surface area contributed by atoms with Crippen molar-refractivity contribution in [1.82, 2.24) is 19.0 Å². The van der Waals surface area contributed by atoms with Gasteiger partial charge < -0.3 is 18.8 Å². The largest absolute Gasteiger partial charge is 0.381 e. The summed E-state index contributed by atoms with van der Waals surface area (Å²) in [6, 6.07) is 3.85. The van der Waals surface area contributed by atoms with E-state index in [2.05, 4.69) is 11.5 Å². The van der Waals surface area contributed by atoms with Crippen LogP contribution in [0, 0.1) is 12.8 Å². The van der Waals surface area contributed by atoms with Gasteiger partial charge in [0.25, 0.3) is 5.91 Å². The standard InChI is InChI=1S/C21H30N4O2/c1-16-13-22-20(18-7-11-27-12-8-18)25(16)15-17-5-3-10-24(14-17)21(26)19-6-4-9-23(19)2/h4,6,9,13,17-18H,3,5,7-8,10-12,14-15H2,1-2H3. The van der Waals surface area contributed by atoms with Crippen molar-refractivity contribution in [3.05, 3.63) is 41.7 Å². The average molecular weight is 370 g/mol. The lowest BCUT2D eigenvalue weighted by Crippen LogP contribution is -2.42. The van der Waals surface area contributed by atoms with Crippen LogP contribution in [-0.4, -0.2) is 51.2 Å². The molecule has 0 spiro atoms. The van der Waals surface area contributed by atoms with Gasteiger partial charge in [0, 0.05) is 63.9 Å². The zero-order chi connectivity index (χ0) is 18.8. The van der Waals surface area contributed by atoms with Gasteiger partial charge in [0.05, 0.1) is 0 Å². The molecule has 0 aliphatic carbocycles. The van der Waals surface area contributed by atoms with Crippen molar-refractivity contribution in [2.24, 2.45) is 13.0 Å². The second kappa shape index (κ2) is 7.89. The third kappa shape index (κ3) is 3.81. The fourth-order valence-corrected chi connectivity index (χ4v) is 4.50. The quantitative estimate of drug-likeness (QED) is 0.831. The highest BCUT2D eigenvalue weighted by molar-refractivity contribution is 5.92. The summed E-state index contributed by atoms with van der Waals surface area (Å²) in [6.07, 6.45) is 8.28. The highest BCUT2D eigenvalue weighted by Gasteiger charge is 2.28. The SMILES string of the molecule is Cc1cnc(C2CCOCC2)n1CC1CCCN(C(=O)c2cccn2C)C1. The van der Waals surface area contributed by atoms with Gasteiger partial charge in [-0.2, -0.15) is 0 Å². The van der Waals surface area contributed by atoms with Crippen LogP contribution >= 0.6 is 0 Å². The topological polar surface area (TPSA) is 52.3 Å². The maximum Gasteiger partial charge on any atom is 0.270 e. The zero-order valence-corrected chi connectivity index (χ0v) is 16.4. The summed E-state index contributed by atoms with van der Waals surface area (Å²) in [5, 5.41) is 0. The molecule has 6 nitrogen and oxygen atoms in total. The molecule has 27 heavy (non-hydrogen) atoms. The Morgan fingerprint density at radius 1 is 1.30 bits per heavy atom. The van der Waals surface area contributed by atoms with E-state index in [1.807, 2.05) is 41.0 Å². The number of carbonyl (C=O) groups excluding carboxylic acids is 1. The van der Waals surface area contributed by atoms with E-state index in [-0.39, 0.29) is 5.91 Å². The van der Waals surface area contributed by atoms with E-state index in [0.29, 0.717) is 11.8 Å². The first-order chi connectivity index (χ1) is 13.1. The molecule has 4 heterocycles. The third-order valence-electron chi connectivity index (χ3n) is 6.08. The maximum absolute atomic E-state index is 12.9. The molecular weight excluding hydrogens is 340 g/mol. The van der Waals surface area contributed by atoms with Gasteiger partial charge in [-0.1, -0.05) is 0 Å². The molecule has 1 unspecified atom stereocenters. The number of rotatable bonds is 4. The van der Waals surface area contributed by atoms with Gasteiger partial charge in [-0.15, -0.1) is 0 Å². The van der Waals surface area contributed by atoms with E-state index in [1.165, 1.54) is 17.9 Å². The van der Waals surface area contributed by atoms with Gasteiger partial charge in [0.2, 0.25) is 0 Å². The normalized spacial score (nSPS) is 21.6. The molecule has 0 aromatic carbocycles. The summed E-state index contributed by atoms with van der Waals surface area (Å²) in [6.45, 7) is 6.45. The van der Waals surface area contributed by atoms with Crippen LogP contribution in [0.4, 0.5) is 0 Å². The number of likely N-dealkylation sites (tertiary alicyclic amines) is 1. The molecule has 4 rings (SSSR count). The van der Waals surface area contributed by atoms with Crippen LogP contribution in [0.25, 0.3) is 0 Å². The second-order valence-electron chi connectivity index (χ2n) is 8.02. The summed E-state index contributed by atoms with van der Waals surface area (Å²) in [4.78, 5) is 19.6. The van der Waals surface area contributed by atoms with Crippen LogP contribution in [-0.2, 0) is 18.3 Å². The first-order valence-electron chi connectivity index (χ1n) is 10.1. The fraction of sp³-hybridized carbons (Fsp3) is 0.619. The minimum absolute atomic E-state index is 0.152. The number of piperidine rings is 1. The molecule has 0 radical (unpaired) electrons. The van der Waals surface area contributed by atoms with Crippen molar-refractivity contribution in [1.29, 1.82) is 0 Å². The van der Waals surface area contributed by atoms with Crippen LogP contribution in [0.15, 0.2) is 24.5 Å². The minimum Gasteiger partial charge on any atom is -0.381 e. The molecule has 6 heteroatoms. The zero-order valence-electron chi connectivity index (χ0n) is 16.4. The van der Waals surface area contributed by atoms with Crippen molar-refractivity contribution in [2.45, 2.75) is 45.1 Å². The van der Waals surface area contributed by atoms with E-state index in [0.717, 1.165) is 57.8 Å².